The highest BCUT2D eigenvalue weighted by molar-refractivity contribution is 6.32. The smallest absolute Gasteiger partial charge is 0.246 e. The molecular weight excluding hydrogens is 493 g/mol. The predicted octanol–water partition coefficient (Wildman–Crippen LogP) is 4.87. The summed E-state index contributed by atoms with van der Waals surface area (Å²) in [7, 11) is 0. The molecule has 1 unspecified atom stereocenters. The molecule has 1 amide bonds. The third-order valence-corrected chi connectivity index (χ3v) is 8.39. The zero-order valence-corrected chi connectivity index (χ0v) is 20.9. The summed E-state index contributed by atoms with van der Waals surface area (Å²) < 4.78 is 15.4. The van der Waals surface area contributed by atoms with Crippen LogP contribution in [0.5, 0.6) is 0 Å². The number of nitrogens with one attached hydrogen (secondary N) is 1. The third-order valence-electron chi connectivity index (χ3n) is 8.02. The minimum Gasteiger partial charge on any atom is -0.350 e. The van der Waals surface area contributed by atoms with Gasteiger partial charge in [-0.25, -0.2) is 19.3 Å². The second-order valence-electron chi connectivity index (χ2n) is 9.95. The molecule has 1 N–H and O–H groups in total. The van der Waals surface area contributed by atoms with E-state index in [1.165, 1.54) is 12.4 Å². The van der Waals surface area contributed by atoms with Crippen LogP contribution in [0, 0.1) is 17.1 Å². The van der Waals surface area contributed by atoms with Crippen molar-refractivity contribution in [3.8, 4) is 6.07 Å². The summed E-state index contributed by atoms with van der Waals surface area (Å²) in [6.45, 7) is 4.94. The number of carbonyl (C=O) groups is 1. The van der Waals surface area contributed by atoms with Gasteiger partial charge in [-0.1, -0.05) is 24.2 Å². The minimum absolute atomic E-state index is 0.0367. The first-order chi connectivity index (χ1) is 17.9. The van der Waals surface area contributed by atoms with Gasteiger partial charge in [0.1, 0.15) is 17.7 Å². The Morgan fingerprint density at radius 1 is 1.22 bits per heavy atom. The van der Waals surface area contributed by atoms with Crippen LogP contribution in [-0.2, 0) is 10.2 Å². The Labute approximate surface area is 218 Å². The Hall–Kier alpha value is -3.77. The second kappa shape index (κ2) is 8.96. The van der Waals surface area contributed by atoms with E-state index in [2.05, 4.69) is 32.8 Å². The predicted molar refractivity (Wildman–Crippen MR) is 139 cm³/mol. The average Bonchev–Trinajstić information content (AvgIpc) is 2.91. The minimum atomic E-state index is -0.714. The van der Waals surface area contributed by atoms with Gasteiger partial charge in [0.2, 0.25) is 5.91 Å². The summed E-state index contributed by atoms with van der Waals surface area (Å²) in [4.78, 5) is 29.9. The lowest BCUT2D eigenvalue weighted by Crippen LogP contribution is -2.64. The zero-order valence-electron chi connectivity index (χ0n) is 20.1. The number of carbonyl (C=O) groups excluding carboxylic acids is 1. The van der Waals surface area contributed by atoms with Crippen molar-refractivity contribution in [3.05, 3.63) is 59.7 Å². The van der Waals surface area contributed by atoms with Crippen LogP contribution in [0.25, 0.3) is 11.0 Å². The van der Waals surface area contributed by atoms with Crippen LogP contribution in [0.1, 0.15) is 37.7 Å². The molecule has 37 heavy (non-hydrogen) atoms. The van der Waals surface area contributed by atoms with Crippen molar-refractivity contribution in [1.82, 2.24) is 19.9 Å². The van der Waals surface area contributed by atoms with Crippen molar-refractivity contribution in [2.75, 3.05) is 23.3 Å². The molecule has 3 saturated heterocycles. The average molecular weight is 518 g/mol. The van der Waals surface area contributed by atoms with Gasteiger partial charge in [-0.05, 0) is 61.9 Å². The van der Waals surface area contributed by atoms with Gasteiger partial charge in [0, 0.05) is 25.2 Å². The van der Waals surface area contributed by atoms with E-state index in [0.29, 0.717) is 48.3 Å². The number of hydrogen-bond acceptors (Lipinski definition) is 7. The number of piperidine rings is 2. The number of halogens is 2. The van der Waals surface area contributed by atoms with Crippen molar-refractivity contribution in [3.63, 3.8) is 0 Å². The highest BCUT2D eigenvalue weighted by Crippen LogP contribution is 2.47. The number of anilines is 3. The lowest BCUT2D eigenvalue weighted by atomic mass is 9.65. The number of nitriles is 1. The maximum atomic E-state index is 15.4. The van der Waals surface area contributed by atoms with Crippen LogP contribution in [0.2, 0.25) is 5.02 Å². The highest BCUT2D eigenvalue weighted by Gasteiger charge is 2.42. The molecule has 7 rings (SSSR count). The third kappa shape index (κ3) is 3.78. The number of fused-ring (bicyclic) bond motifs is 4. The number of rotatable bonds is 5. The normalized spacial score (nSPS) is 21.9. The largest absolute Gasteiger partial charge is 0.350 e. The maximum Gasteiger partial charge on any atom is 0.246 e. The van der Waals surface area contributed by atoms with E-state index in [4.69, 9.17) is 16.6 Å². The Bertz CT molecular complexity index is 1470. The Balaban J connectivity index is 1.31. The van der Waals surface area contributed by atoms with E-state index in [-0.39, 0.29) is 28.7 Å². The molecule has 5 heterocycles. The summed E-state index contributed by atoms with van der Waals surface area (Å²) in [6.07, 6.45) is 6.98. The summed E-state index contributed by atoms with van der Waals surface area (Å²) in [5.74, 6) is 0.466. The first-order valence-corrected chi connectivity index (χ1v) is 12.8. The molecule has 1 saturated carbocycles. The second-order valence-corrected chi connectivity index (χ2v) is 10.3. The number of piperazine rings is 1. The zero-order chi connectivity index (χ0) is 25.7. The molecule has 3 aliphatic heterocycles. The lowest BCUT2D eigenvalue weighted by molar-refractivity contribution is -0.131. The molecule has 3 aromatic rings. The van der Waals surface area contributed by atoms with Gasteiger partial charge in [-0.3, -0.25) is 4.79 Å². The van der Waals surface area contributed by atoms with Gasteiger partial charge in [-0.2, -0.15) is 5.26 Å². The fourth-order valence-corrected chi connectivity index (χ4v) is 6.14. The molecule has 8 nitrogen and oxygen atoms in total. The summed E-state index contributed by atoms with van der Waals surface area (Å²) in [5, 5.41) is 12.7. The monoisotopic (exact) mass is 517 g/mol. The van der Waals surface area contributed by atoms with Gasteiger partial charge in [0.15, 0.2) is 11.6 Å². The van der Waals surface area contributed by atoms with Crippen LogP contribution in [0.4, 0.5) is 21.7 Å². The van der Waals surface area contributed by atoms with Crippen LogP contribution in [0.15, 0.2) is 43.2 Å². The number of nitrogens with zero attached hydrogens (tertiary/aromatic N) is 6. The fraction of sp³-hybridized carbons (Fsp3) is 0.370. The Kier molecular flexibility index (Phi) is 5.72. The van der Waals surface area contributed by atoms with Crippen molar-refractivity contribution >= 4 is 45.9 Å². The molecule has 2 bridgehead atoms. The van der Waals surface area contributed by atoms with Gasteiger partial charge >= 0.3 is 0 Å². The SMILES string of the molecule is C=CC(=O)N1CC2CC[C@H]1CN2c1ccc2ncnc(Nc3ccc(C4(C#N)CCC4)c(Cl)c3F)c2n1. The Morgan fingerprint density at radius 3 is 2.70 bits per heavy atom. The summed E-state index contributed by atoms with van der Waals surface area (Å²) in [6, 6.07) is 9.70. The van der Waals surface area contributed by atoms with Crippen molar-refractivity contribution in [2.45, 2.75) is 49.6 Å². The maximum absolute atomic E-state index is 15.4. The molecule has 1 aromatic carbocycles. The molecule has 0 radical (unpaired) electrons. The molecule has 188 valence electrons. The molecule has 2 atom stereocenters. The van der Waals surface area contributed by atoms with Crippen molar-refractivity contribution in [2.24, 2.45) is 0 Å². The molecular formula is C27H25ClFN7O. The van der Waals surface area contributed by atoms with Crippen LogP contribution in [-0.4, -0.2) is 50.9 Å². The summed E-state index contributed by atoms with van der Waals surface area (Å²) >= 11 is 6.41. The van der Waals surface area contributed by atoms with Gasteiger partial charge in [0.05, 0.1) is 27.7 Å². The fourth-order valence-electron chi connectivity index (χ4n) is 5.79. The standard InChI is InChI=1S/C27H25ClFN7O/c1-2-22(37)36-13-16-4-5-17(36)12-35(16)21-9-8-20-25(34-21)26(32-15-31-20)33-19-7-6-18(23(28)24(19)29)27(14-30)10-3-11-27/h2,6-9,15-17H,1,3-5,10-13H2,(H,31,32,33)/t16?,17-/m0/s1. The topological polar surface area (TPSA) is 98.0 Å². The number of hydrogen-bond donors (Lipinski definition) is 1. The van der Waals surface area contributed by atoms with E-state index in [0.717, 1.165) is 25.1 Å². The van der Waals surface area contributed by atoms with Crippen LogP contribution < -0.4 is 10.2 Å². The van der Waals surface area contributed by atoms with E-state index in [1.807, 2.05) is 17.0 Å². The number of pyridine rings is 1. The lowest BCUT2D eigenvalue weighted by Gasteiger charge is -2.51. The van der Waals surface area contributed by atoms with E-state index < -0.39 is 11.2 Å². The van der Waals surface area contributed by atoms with Crippen LogP contribution >= 0.6 is 11.6 Å². The molecule has 0 spiro atoms. The van der Waals surface area contributed by atoms with Gasteiger partial charge in [0.25, 0.3) is 0 Å². The van der Waals surface area contributed by atoms with E-state index in [1.54, 1.807) is 12.1 Å². The van der Waals surface area contributed by atoms with Gasteiger partial charge in [-0.15, -0.1) is 0 Å². The van der Waals surface area contributed by atoms with E-state index >= 15 is 4.39 Å². The summed E-state index contributed by atoms with van der Waals surface area (Å²) in [5.41, 5.74) is 1.10. The van der Waals surface area contributed by atoms with Gasteiger partial charge < -0.3 is 15.1 Å². The number of aromatic nitrogens is 3. The van der Waals surface area contributed by atoms with E-state index in [9.17, 15) is 10.1 Å². The molecule has 4 fully saturated rings. The number of benzene rings is 1. The Morgan fingerprint density at radius 2 is 2.03 bits per heavy atom. The first-order valence-electron chi connectivity index (χ1n) is 12.4. The van der Waals surface area contributed by atoms with Crippen LogP contribution in [0.3, 0.4) is 0 Å². The highest BCUT2D eigenvalue weighted by atomic mass is 35.5. The molecule has 1 aliphatic carbocycles. The first kappa shape index (κ1) is 23.6. The van der Waals surface area contributed by atoms with Crippen molar-refractivity contribution < 1.29 is 9.18 Å². The van der Waals surface area contributed by atoms with Crippen molar-refractivity contribution in [1.29, 1.82) is 5.26 Å². The molecule has 4 aliphatic rings. The molecule has 2 aromatic heterocycles. The quantitative estimate of drug-likeness (QED) is 0.482. The number of amides is 1. The molecule has 10 heteroatoms.